The maximum Gasteiger partial charge on any atom is 0.0323 e. The van der Waals surface area contributed by atoms with E-state index in [1.165, 1.54) is 43.2 Å². The number of hydrogen-bond acceptors (Lipinski definition) is 1. The predicted molar refractivity (Wildman–Crippen MR) is 87.7 cm³/mol. The van der Waals surface area contributed by atoms with E-state index in [4.69, 9.17) is 5.73 Å². The number of rotatable bonds is 5. The van der Waals surface area contributed by atoms with Crippen molar-refractivity contribution in [2.45, 2.75) is 65.3 Å². The van der Waals surface area contributed by atoms with Gasteiger partial charge in [-0.2, -0.15) is 0 Å². The van der Waals surface area contributed by atoms with E-state index in [0.29, 0.717) is 11.8 Å². The Balaban J connectivity index is 2.00. The molecule has 0 amide bonds. The average Bonchev–Trinajstić information content (AvgIpc) is 2.46. The Morgan fingerprint density at radius 3 is 2.45 bits per heavy atom. The number of hydrogen-bond donors (Lipinski definition) is 1. The van der Waals surface area contributed by atoms with Crippen molar-refractivity contribution < 1.29 is 0 Å². The molecule has 1 fully saturated rings. The summed E-state index contributed by atoms with van der Waals surface area (Å²) in [6.45, 7) is 6.87. The van der Waals surface area contributed by atoms with Crippen LogP contribution in [0, 0.1) is 17.8 Å². The van der Waals surface area contributed by atoms with Gasteiger partial charge in [0.2, 0.25) is 0 Å². The lowest BCUT2D eigenvalue weighted by molar-refractivity contribution is 0.240. The van der Waals surface area contributed by atoms with Crippen LogP contribution in [-0.4, -0.2) is 0 Å². The lowest BCUT2D eigenvalue weighted by atomic mass is 9.76. The molecule has 1 aromatic carbocycles. The fraction of sp³-hybridized carbons (Fsp3) is 0.684. The van der Waals surface area contributed by atoms with E-state index in [9.17, 15) is 0 Å². The molecule has 20 heavy (non-hydrogen) atoms. The second kappa shape index (κ2) is 7.26. The number of benzene rings is 1. The molecule has 2 N–H and O–H groups in total. The van der Waals surface area contributed by atoms with Crippen LogP contribution in [0.4, 0.5) is 0 Å². The van der Waals surface area contributed by atoms with Gasteiger partial charge in [-0.25, -0.2) is 0 Å². The maximum absolute atomic E-state index is 6.56. The molecule has 1 nitrogen and oxygen atoms in total. The molecule has 1 heteroatoms. The highest BCUT2D eigenvalue weighted by molar-refractivity contribution is 5.26. The third-order valence-electron chi connectivity index (χ3n) is 4.96. The maximum atomic E-state index is 6.56. The molecule has 0 saturated heterocycles. The zero-order chi connectivity index (χ0) is 14.5. The first-order chi connectivity index (χ1) is 9.60. The summed E-state index contributed by atoms with van der Waals surface area (Å²) < 4.78 is 0. The predicted octanol–water partition coefficient (Wildman–Crippen LogP) is 5.10. The smallest absolute Gasteiger partial charge is 0.0323 e. The third kappa shape index (κ3) is 4.09. The quantitative estimate of drug-likeness (QED) is 0.793. The van der Waals surface area contributed by atoms with Gasteiger partial charge in [-0.05, 0) is 48.1 Å². The first-order valence-corrected chi connectivity index (χ1v) is 8.44. The average molecular weight is 273 g/mol. The molecule has 1 aromatic rings. The van der Waals surface area contributed by atoms with Crippen molar-refractivity contribution >= 4 is 0 Å². The second-order valence-corrected chi connectivity index (χ2v) is 7.06. The molecule has 0 spiro atoms. The molecular formula is C19H31N. The van der Waals surface area contributed by atoms with E-state index in [-0.39, 0.29) is 6.04 Å². The Kier molecular flexibility index (Phi) is 5.65. The van der Waals surface area contributed by atoms with E-state index in [2.05, 4.69) is 45.0 Å². The molecule has 1 unspecified atom stereocenters. The van der Waals surface area contributed by atoms with Gasteiger partial charge in [0.25, 0.3) is 0 Å². The summed E-state index contributed by atoms with van der Waals surface area (Å²) in [6, 6.07) is 9.23. The van der Waals surface area contributed by atoms with E-state index in [1.54, 1.807) is 0 Å². The number of nitrogens with two attached hydrogens (primary N) is 1. The van der Waals surface area contributed by atoms with E-state index < -0.39 is 0 Å². The van der Waals surface area contributed by atoms with Gasteiger partial charge in [0.15, 0.2) is 0 Å². The highest BCUT2D eigenvalue weighted by Gasteiger charge is 2.25. The van der Waals surface area contributed by atoms with E-state index >= 15 is 0 Å². The van der Waals surface area contributed by atoms with Crippen LogP contribution < -0.4 is 5.73 Å². The fourth-order valence-electron chi connectivity index (χ4n) is 3.63. The van der Waals surface area contributed by atoms with E-state index in [0.717, 1.165) is 12.3 Å². The first-order valence-electron chi connectivity index (χ1n) is 8.44. The molecule has 1 aliphatic rings. The van der Waals surface area contributed by atoms with Crippen LogP contribution in [0.1, 0.15) is 70.0 Å². The molecule has 112 valence electrons. The van der Waals surface area contributed by atoms with Gasteiger partial charge >= 0.3 is 0 Å². The lowest BCUT2D eigenvalue weighted by Gasteiger charge is -2.32. The molecule has 2 rings (SSSR count). The Hall–Kier alpha value is -0.820. The molecule has 0 heterocycles. The molecule has 0 radical (unpaired) electrons. The van der Waals surface area contributed by atoms with Gasteiger partial charge in [0.1, 0.15) is 0 Å². The highest BCUT2D eigenvalue weighted by Crippen LogP contribution is 2.36. The summed E-state index contributed by atoms with van der Waals surface area (Å²) in [6.07, 6.45) is 7.87. The van der Waals surface area contributed by atoms with Crippen molar-refractivity contribution in [2.75, 3.05) is 0 Å². The molecule has 0 bridgehead atoms. The van der Waals surface area contributed by atoms with E-state index in [1.807, 2.05) is 0 Å². The summed E-state index contributed by atoms with van der Waals surface area (Å²) in [5.74, 6) is 2.35. The standard InChI is InChI=1S/C19H31N/c1-4-15-8-10-17(11-9-15)19(20)18-7-5-6-16(13-18)12-14(2)3/h5-7,13-15,17,19H,4,8-12,20H2,1-3H3. The Bertz CT molecular complexity index is 402. The van der Waals surface area contributed by atoms with Gasteiger partial charge in [-0.15, -0.1) is 0 Å². The molecule has 1 atom stereocenters. The minimum Gasteiger partial charge on any atom is -0.324 e. The SMILES string of the molecule is CCC1CCC(C(N)c2cccc(CC(C)C)c2)CC1. The Morgan fingerprint density at radius 1 is 1.15 bits per heavy atom. The van der Waals surface area contributed by atoms with Crippen LogP contribution in [0.5, 0.6) is 0 Å². The molecular weight excluding hydrogens is 242 g/mol. The Morgan fingerprint density at radius 2 is 1.85 bits per heavy atom. The van der Waals surface area contributed by atoms with Crippen LogP contribution in [0.3, 0.4) is 0 Å². The van der Waals surface area contributed by atoms with Gasteiger partial charge in [0.05, 0.1) is 0 Å². The topological polar surface area (TPSA) is 26.0 Å². The highest BCUT2D eigenvalue weighted by atomic mass is 14.7. The van der Waals surface area contributed by atoms with Crippen LogP contribution in [0.25, 0.3) is 0 Å². The van der Waals surface area contributed by atoms with Gasteiger partial charge in [-0.1, -0.05) is 64.3 Å². The summed E-state index contributed by atoms with van der Waals surface area (Å²) in [4.78, 5) is 0. The molecule has 0 aliphatic heterocycles. The molecule has 1 aliphatic carbocycles. The van der Waals surface area contributed by atoms with Crippen LogP contribution in [-0.2, 0) is 6.42 Å². The van der Waals surface area contributed by atoms with Crippen LogP contribution in [0.15, 0.2) is 24.3 Å². The minimum atomic E-state index is 0.236. The third-order valence-corrected chi connectivity index (χ3v) is 4.96. The van der Waals surface area contributed by atoms with Crippen LogP contribution in [0.2, 0.25) is 0 Å². The summed E-state index contributed by atoms with van der Waals surface area (Å²) in [7, 11) is 0. The Labute approximate surface area is 125 Å². The fourth-order valence-corrected chi connectivity index (χ4v) is 3.63. The second-order valence-electron chi connectivity index (χ2n) is 7.06. The zero-order valence-electron chi connectivity index (χ0n) is 13.4. The summed E-state index contributed by atoms with van der Waals surface area (Å²) in [5.41, 5.74) is 9.35. The lowest BCUT2D eigenvalue weighted by Crippen LogP contribution is -2.26. The molecule has 1 saturated carbocycles. The van der Waals surface area contributed by atoms with Crippen molar-refractivity contribution in [3.8, 4) is 0 Å². The van der Waals surface area contributed by atoms with Crippen LogP contribution >= 0.6 is 0 Å². The monoisotopic (exact) mass is 273 g/mol. The van der Waals surface area contributed by atoms with Crippen molar-refractivity contribution in [1.29, 1.82) is 0 Å². The summed E-state index contributed by atoms with van der Waals surface area (Å²) >= 11 is 0. The van der Waals surface area contributed by atoms with Crippen molar-refractivity contribution in [2.24, 2.45) is 23.5 Å². The van der Waals surface area contributed by atoms with Gasteiger partial charge < -0.3 is 5.73 Å². The van der Waals surface area contributed by atoms with Gasteiger partial charge in [-0.3, -0.25) is 0 Å². The largest absolute Gasteiger partial charge is 0.324 e. The minimum absolute atomic E-state index is 0.236. The summed E-state index contributed by atoms with van der Waals surface area (Å²) in [5, 5.41) is 0. The normalized spacial score (nSPS) is 24.9. The first kappa shape index (κ1) is 15.6. The van der Waals surface area contributed by atoms with Crippen molar-refractivity contribution in [1.82, 2.24) is 0 Å². The molecule has 0 aromatic heterocycles. The zero-order valence-corrected chi connectivity index (χ0v) is 13.4. The van der Waals surface area contributed by atoms with Crippen molar-refractivity contribution in [3.05, 3.63) is 35.4 Å². The van der Waals surface area contributed by atoms with Crippen molar-refractivity contribution in [3.63, 3.8) is 0 Å². The van der Waals surface area contributed by atoms with Gasteiger partial charge in [0, 0.05) is 6.04 Å².